The molecule has 0 bridgehead atoms. The largest absolute Gasteiger partial charge is 0.364 e. The molecule has 0 radical (unpaired) electrons. The van der Waals surface area contributed by atoms with Crippen LogP contribution in [0.2, 0.25) is 0 Å². The third kappa shape index (κ3) is 3.23. The first kappa shape index (κ1) is 12.0. The lowest BCUT2D eigenvalue weighted by Gasteiger charge is -2.07. The van der Waals surface area contributed by atoms with Crippen molar-refractivity contribution in [3.05, 3.63) is 51.9 Å². The Morgan fingerprint density at radius 2 is 2.18 bits per heavy atom. The highest BCUT2D eigenvalue weighted by atomic mass is 79.9. The van der Waals surface area contributed by atoms with Crippen molar-refractivity contribution in [2.45, 2.75) is 13.5 Å². The minimum atomic E-state index is -0.250. The molecule has 1 N–H and O–H groups in total. The predicted octanol–water partition coefficient (Wildman–Crippen LogP) is 3.30. The molecule has 0 spiro atoms. The number of hydrogen-bond acceptors (Lipinski definition) is 3. The maximum absolute atomic E-state index is 13.1. The Hall–Kier alpha value is -1.49. The van der Waals surface area contributed by atoms with Crippen molar-refractivity contribution in [3.63, 3.8) is 0 Å². The van der Waals surface area contributed by atoms with Crippen LogP contribution in [0.3, 0.4) is 0 Å². The van der Waals surface area contributed by atoms with E-state index < -0.39 is 0 Å². The Balaban J connectivity index is 2.09. The lowest BCUT2D eigenvalue weighted by Crippen LogP contribution is -2.03. The van der Waals surface area contributed by atoms with Gasteiger partial charge in [-0.3, -0.25) is 0 Å². The number of rotatable bonds is 3. The smallest absolute Gasteiger partial charge is 0.149 e. The summed E-state index contributed by atoms with van der Waals surface area (Å²) in [7, 11) is 0. The summed E-state index contributed by atoms with van der Waals surface area (Å²) >= 11 is 3.38. The van der Waals surface area contributed by atoms with Gasteiger partial charge >= 0.3 is 0 Å². The van der Waals surface area contributed by atoms with Gasteiger partial charge < -0.3 is 5.32 Å². The van der Waals surface area contributed by atoms with Crippen LogP contribution in [0, 0.1) is 12.7 Å². The number of benzene rings is 1. The average molecular weight is 296 g/mol. The van der Waals surface area contributed by atoms with Gasteiger partial charge in [0.25, 0.3) is 0 Å². The molecule has 5 heteroatoms. The van der Waals surface area contributed by atoms with E-state index in [1.165, 1.54) is 12.1 Å². The maximum Gasteiger partial charge on any atom is 0.149 e. The normalized spacial score (nSPS) is 10.3. The summed E-state index contributed by atoms with van der Waals surface area (Å²) in [5.74, 6) is 0.432. The van der Waals surface area contributed by atoms with Crippen molar-refractivity contribution in [3.8, 4) is 0 Å². The van der Waals surface area contributed by atoms with Gasteiger partial charge in [-0.15, -0.1) is 5.10 Å². The molecule has 17 heavy (non-hydrogen) atoms. The third-order valence-corrected chi connectivity index (χ3v) is 3.03. The van der Waals surface area contributed by atoms with Crippen LogP contribution in [-0.2, 0) is 6.54 Å². The first-order valence-corrected chi connectivity index (χ1v) is 5.91. The van der Waals surface area contributed by atoms with Gasteiger partial charge in [0.2, 0.25) is 0 Å². The standard InChI is InChI=1S/C12H11BrFN3/c1-8-4-12(17-16-6-8)15-7-9-5-10(14)2-3-11(9)13/h2-6H,7H2,1H3,(H,15,17). The average Bonchev–Trinajstić information content (AvgIpc) is 2.30. The second kappa shape index (κ2) is 5.23. The van der Waals surface area contributed by atoms with E-state index in [1.807, 2.05) is 13.0 Å². The number of aryl methyl sites for hydroxylation is 1. The number of halogens is 2. The quantitative estimate of drug-likeness (QED) is 0.944. The molecule has 2 rings (SSSR count). The molecule has 0 fully saturated rings. The molecule has 0 atom stereocenters. The van der Waals surface area contributed by atoms with Crippen molar-refractivity contribution in [1.82, 2.24) is 10.2 Å². The summed E-state index contributed by atoms with van der Waals surface area (Å²) in [6, 6.07) is 6.48. The van der Waals surface area contributed by atoms with E-state index in [-0.39, 0.29) is 5.82 Å². The van der Waals surface area contributed by atoms with Gasteiger partial charge in [-0.1, -0.05) is 15.9 Å². The van der Waals surface area contributed by atoms with Crippen LogP contribution in [0.15, 0.2) is 34.9 Å². The lowest BCUT2D eigenvalue weighted by molar-refractivity contribution is 0.625. The van der Waals surface area contributed by atoms with E-state index in [1.54, 1.807) is 12.3 Å². The fourth-order valence-electron chi connectivity index (χ4n) is 1.41. The third-order valence-electron chi connectivity index (χ3n) is 2.26. The van der Waals surface area contributed by atoms with E-state index in [2.05, 4.69) is 31.4 Å². The van der Waals surface area contributed by atoms with Gasteiger partial charge in [-0.25, -0.2) is 4.39 Å². The van der Waals surface area contributed by atoms with Gasteiger partial charge in [-0.2, -0.15) is 5.10 Å². The molecule has 0 aliphatic carbocycles. The summed E-state index contributed by atoms with van der Waals surface area (Å²) in [6.07, 6.45) is 1.68. The fourth-order valence-corrected chi connectivity index (χ4v) is 1.80. The summed E-state index contributed by atoms with van der Waals surface area (Å²) in [6.45, 7) is 2.44. The Labute approximate surface area is 107 Å². The molecule has 0 amide bonds. The van der Waals surface area contributed by atoms with Crippen molar-refractivity contribution in [1.29, 1.82) is 0 Å². The Morgan fingerprint density at radius 3 is 2.94 bits per heavy atom. The Bertz CT molecular complexity index is 531. The van der Waals surface area contributed by atoms with Crippen molar-refractivity contribution >= 4 is 21.7 Å². The van der Waals surface area contributed by atoms with Crippen LogP contribution in [0.25, 0.3) is 0 Å². The molecular weight excluding hydrogens is 285 g/mol. The Morgan fingerprint density at radius 1 is 1.35 bits per heavy atom. The van der Waals surface area contributed by atoms with E-state index in [4.69, 9.17) is 0 Å². The van der Waals surface area contributed by atoms with E-state index in [9.17, 15) is 4.39 Å². The fraction of sp³-hybridized carbons (Fsp3) is 0.167. The van der Waals surface area contributed by atoms with Crippen LogP contribution in [-0.4, -0.2) is 10.2 Å². The van der Waals surface area contributed by atoms with Gasteiger partial charge in [0.05, 0.1) is 6.20 Å². The van der Waals surface area contributed by atoms with Gasteiger partial charge in [0.15, 0.2) is 0 Å². The first-order chi connectivity index (χ1) is 8.15. The molecule has 1 heterocycles. The lowest BCUT2D eigenvalue weighted by atomic mass is 10.2. The minimum Gasteiger partial charge on any atom is -0.364 e. The van der Waals surface area contributed by atoms with Crippen LogP contribution < -0.4 is 5.32 Å². The molecule has 1 aromatic heterocycles. The molecule has 3 nitrogen and oxygen atoms in total. The minimum absolute atomic E-state index is 0.250. The number of nitrogens with one attached hydrogen (secondary N) is 1. The molecule has 0 aliphatic rings. The molecule has 0 aliphatic heterocycles. The summed E-state index contributed by atoms with van der Waals surface area (Å²) in [5, 5.41) is 10.9. The molecule has 1 aromatic carbocycles. The summed E-state index contributed by atoms with van der Waals surface area (Å²) < 4.78 is 13.9. The number of hydrogen-bond donors (Lipinski definition) is 1. The Kier molecular flexibility index (Phi) is 3.68. The van der Waals surface area contributed by atoms with E-state index in [0.717, 1.165) is 15.6 Å². The van der Waals surface area contributed by atoms with E-state index >= 15 is 0 Å². The zero-order valence-electron chi connectivity index (χ0n) is 9.24. The highest BCUT2D eigenvalue weighted by molar-refractivity contribution is 9.10. The van der Waals surface area contributed by atoms with Crippen molar-refractivity contribution < 1.29 is 4.39 Å². The number of nitrogens with zero attached hydrogens (tertiary/aromatic N) is 2. The van der Waals surface area contributed by atoms with Crippen LogP contribution in [0.4, 0.5) is 10.2 Å². The second-order valence-electron chi connectivity index (χ2n) is 3.71. The number of anilines is 1. The molecule has 2 aromatic rings. The molecular formula is C12H11BrFN3. The monoisotopic (exact) mass is 295 g/mol. The van der Waals surface area contributed by atoms with Gasteiger partial charge in [-0.05, 0) is 42.3 Å². The zero-order chi connectivity index (χ0) is 12.3. The molecule has 0 saturated heterocycles. The van der Waals surface area contributed by atoms with Gasteiger partial charge in [0.1, 0.15) is 11.6 Å². The second-order valence-corrected chi connectivity index (χ2v) is 4.56. The summed E-state index contributed by atoms with van der Waals surface area (Å²) in [5.41, 5.74) is 1.87. The summed E-state index contributed by atoms with van der Waals surface area (Å²) in [4.78, 5) is 0. The predicted molar refractivity (Wildman–Crippen MR) is 68.2 cm³/mol. The molecule has 88 valence electrons. The molecule has 0 saturated carbocycles. The van der Waals surface area contributed by atoms with Crippen LogP contribution in [0.5, 0.6) is 0 Å². The zero-order valence-corrected chi connectivity index (χ0v) is 10.8. The number of aromatic nitrogens is 2. The maximum atomic E-state index is 13.1. The molecule has 0 unspecified atom stereocenters. The van der Waals surface area contributed by atoms with E-state index in [0.29, 0.717) is 12.4 Å². The SMILES string of the molecule is Cc1cnnc(NCc2cc(F)ccc2Br)c1. The van der Waals surface area contributed by atoms with Gasteiger partial charge in [0, 0.05) is 11.0 Å². The highest BCUT2D eigenvalue weighted by Crippen LogP contribution is 2.18. The topological polar surface area (TPSA) is 37.8 Å². The van der Waals surface area contributed by atoms with Crippen molar-refractivity contribution in [2.75, 3.05) is 5.32 Å². The highest BCUT2D eigenvalue weighted by Gasteiger charge is 2.02. The van der Waals surface area contributed by atoms with Crippen LogP contribution >= 0.6 is 15.9 Å². The first-order valence-electron chi connectivity index (χ1n) is 5.12. The van der Waals surface area contributed by atoms with Crippen molar-refractivity contribution in [2.24, 2.45) is 0 Å². The van der Waals surface area contributed by atoms with Crippen LogP contribution in [0.1, 0.15) is 11.1 Å².